The molecule has 0 aliphatic rings. The highest BCUT2D eigenvalue weighted by Gasteiger charge is 2.21. The second-order valence-corrected chi connectivity index (χ2v) is 17.2. The molecule has 0 saturated heterocycles. The Hall–Kier alpha value is -8.92. The summed E-state index contributed by atoms with van der Waals surface area (Å²) in [6, 6.07) is 91.8. The van der Waals surface area contributed by atoms with Crippen LogP contribution in [0.5, 0.6) is 0 Å². The van der Waals surface area contributed by atoms with Crippen molar-refractivity contribution in [3.63, 3.8) is 0 Å². The normalized spacial score (nSPS) is 11.6. The molecule has 13 rings (SSSR count). The summed E-state index contributed by atoms with van der Waals surface area (Å²) in [5.41, 5.74) is 17.9. The summed E-state index contributed by atoms with van der Waals surface area (Å²) >= 11 is 0. The third-order valence-corrected chi connectivity index (χ3v) is 13.4. The maximum Gasteiger partial charge on any atom is 0.136 e. The van der Waals surface area contributed by atoms with Gasteiger partial charge in [0, 0.05) is 44.0 Å². The molecule has 2 aromatic heterocycles. The SMILES string of the molecule is c1ccc(N(c2ccc(-c3ccc(-c4ccccc4-n4c5ccccc5c5ccccc54)cc3)cc2)c2ccc(-c3cccc4ccccc34)cc2)c(-c2cccc3oc4ccccc4c23)c1. The first-order chi connectivity index (χ1) is 33.2. The number of hydrogen-bond donors (Lipinski definition) is 0. The Labute approximate surface area is 388 Å². The fourth-order valence-electron chi connectivity index (χ4n) is 10.3. The molecule has 0 spiro atoms. The lowest BCUT2D eigenvalue weighted by Gasteiger charge is -2.28. The van der Waals surface area contributed by atoms with E-state index in [0.717, 1.165) is 61.3 Å². The van der Waals surface area contributed by atoms with E-state index in [-0.39, 0.29) is 0 Å². The number of aromatic nitrogens is 1. The quantitative estimate of drug-likeness (QED) is 0.152. The van der Waals surface area contributed by atoms with Crippen molar-refractivity contribution in [3.05, 3.63) is 255 Å². The van der Waals surface area contributed by atoms with E-state index < -0.39 is 0 Å². The van der Waals surface area contributed by atoms with E-state index in [1.807, 2.05) is 6.07 Å². The highest BCUT2D eigenvalue weighted by atomic mass is 16.3. The van der Waals surface area contributed by atoms with Crippen molar-refractivity contribution < 1.29 is 4.42 Å². The Balaban J connectivity index is 0.898. The molecule has 11 aromatic carbocycles. The van der Waals surface area contributed by atoms with Gasteiger partial charge in [-0.15, -0.1) is 0 Å². The highest BCUT2D eigenvalue weighted by molar-refractivity contribution is 6.14. The lowest BCUT2D eigenvalue weighted by Crippen LogP contribution is -2.11. The number of benzene rings is 11. The van der Waals surface area contributed by atoms with Gasteiger partial charge in [0.15, 0.2) is 0 Å². The molecule has 314 valence electrons. The van der Waals surface area contributed by atoms with Gasteiger partial charge in [-0.1, -0.05) is 194 Å². The summed E-state index contributed by atoms with van der Waals surface area (Å²) in [7, 11) is 0. The summed E-state index contributed by atoms with van der Waals surface area (Å²) < 4.78 is 8.80. The molecule has 0 amide bonds. The van der Waals surface area contributed by atoms with Crippen LogP contribution in [-0.4, -0.2) is 4.57 Å². The number of para-hydroxylation sites is 5. The molecule has 67 heavy (non-hydrogen) atoms. The molecule has 0 fully saturated rings. The average molecular weight is 855 g/mol. The summed E-state index contributed by atoms with van der Waals surface area (Å²) in [6.45, 7) is 0. The largest absolute Gasteiger partial charge is 0.456 e. The van der Waals surface area contributed by atoms with Gasteiger partial charge in [0.2, 0.25) is 0 Å². The zero-order valence-electron chi connectivity index (χ0n) is 36.6. The van der Waals surface area contributed by atoms with Crippen molar-refractivity contribution in [1.29, 1.82) is 0 Å². The molecule has 0 atom stereocenters. The van der Waals surface area contributed by atoms with Gasteiger partial charge in [-0.05, 0) is 105 Å². The number of fused-ring (bicyclic) bond motifs is 7. The van der Waals surface area contributed by atoms with Gasteiger partial charge in [0.05, 0.1) is 22.4 Å². The summed E-state index contributed by atoms with van der Waals surface area (Å²) in [4.78, 5) is 2.39. The predicted octanol–water partition coefficient (Wildman–Crippen LogP) is 18.0. The Bertz CT molecular complexity index is 3910. The zero-order valence-corrected chi connectivity index (χ0v) is 36.6. The van der Waals surface area contributed by atoms with E-state index in [1.54, 1.807) is 0 Å². The molecule has 2 heterocycles. The lowest BCUT2D eigenvalue weighted by atomic mass is 9.96. The number of hydrogen-bond acceptors (Lipinski definition) is 2. The predicted molar refractivity (Wildman–Crippen MR) is 282 cm³/mol. The molecule has 0 aliphatic heterocycles. The minimum Gasteiger partial charge on any atom is -0.456 e. The van der Waals surface area contributed by atoms with Crippen LogP contribution in [0.3, 0.4) is 0 Å². The van der Waals surface area contributed by atoms with E-state index >= 15 is 0 Å². The van der Waals surface area contributed by atoms with Crippen LogP contribution in [-0.2, 0) is 0 Å². The lowest BCUT2D eigenvalue weighted by molar-refractivity contribution is 0.669. The van der Waals surface area contributed by atoms with E-state index in [4.69, 9.17) is 4.42 Å². The maximum atomic E-state index is 6.40. The molecule has 3 nitrogen and oxygen atoms in total. The van der Waals surface area contributed by atoms with Crippen molar-refractivity contribution in [2.75, 3.05) is 4.90 Å². The van der Waals surface area contributed by atoms with Crippen LogP contribution >= 0.6 is 0 Å². The minimum atomic E-state index is 0.880. The second kappa shape index (κ2) is 16.0. The molecule has 0 radical (unpaired) electrons. The first-order valence-corrected chi connectivity index (χ1v) is 22.9. The molecule has 0 bridgehead atoms. The van der Waals surface area contributed by atoms with Crippen molar-refractivity contribution in [3.8, 4) is 50.2 Å². The van der Waals surface area contributed by atoms with Crippen LogP contribution in [0.15, 0.2) is 259 Å². The van der Waals surface area contributed by atoms with Crippen molar-refractivity contribution in [1.82, 2.24) is 4.57 Å². The zero-order chi connectivity index (χ0) is 44.3. The second-order valence-electron chi connectivity index (χ2n) is 17.2. The van der Waals surface area contributed by atoms with E-state index in [0.29, 0.717) is 0 Å². The first-order valence-electron chi connectivity index (χ1n) is 22.9. The van der Waals surface area contributed by atoms with Crippen LogP contribution in [0, 0.1) is 0 Å². The van der Waals surface area contributed by atoms with Crippen molar-refractivity contribution in [2.45, 2.75) is 0 Å². The first kappa shape index (κ1) is 38.5. The van der Waals surface area contributed by atoms with Crippen molar-refractivity contribution in [2.24, 2.45) is 0 Å². The molecular weight excluding hydrogens is 813 g/mol. The number of nitrogens with zero attached hydrogens (tertiary/aromatic N) is 2. The topological polar surface area (TPSA) is 21.3 Å². The molecule has 13 aromatic rings. The fourth-order valence-corrected chi connectivity index (χ4v) is 10.3. The van der Waals surface area contributed by atoms with Crippen LogP contribution in [0.4, 0.5) is 17.1 Å². The Morgan fingerprint density at radius 2 is 0.761 bits per heavy atom. The number of furan rings is 1. The van der Waals surface area contributed by atoms with Gasteiger partial charge in [-0.25, -0.2) is 0 Å². The fraction of sp³-hybridized carbons (Fsp3) is 0. The Morgan fingerprint density at radius 3 is 1.49 bits per heavy atom. The van der Waals surface area contributed by atoms with Gasteiger partial charge >= 0.3 is 0 Å². The molecule has 0 aliphatic carbocycles. The van der Waals surface area contributed by atoms with Gasteiger partial charge in [0.1, 0.15) is 11.2 Å². The maximum absolute atomic E-state index is 6.40. The number of rotatable bonds is 8. The van der Waals surface area contributed by atoms with Gasteiger partial charge in [0.25, 0.3) is 0 Å². The third kappa shape index (κ3) is 6.51. The van der Waals surface area contributed by atoms with Gasteiger partial charge < -0.3 is 13.9 Å². The van der Waals surface area contributed by atoms with Crippen LogP contribution in [0.25, 0.3) is 105 Å². The summed E-state index contributed by atoms with van der Waals surface area (Å²) in [6.07, 6.45) is 0. The smallest absolute Gasteiger partial charge is 0.136 e. The van der Waals surface area contributed by atoms with Gasteiger partial charge in [-0.3, -0.25) is 0 Å². The molecule has 0 unspecified atom stereocenters. The Morgan fingerprint density at radius 1 is 0.299 bits per heavy atom. The van der Waals surface area contributed by atoms with Crippen LogP contribution in [0.2, 0.25) is 0 Å². The van der Waals surface area contributed by atoms with Crippen LogP contribution < -0.4 is 4.90 Å². The number of anilines is 3. The average Bonchev–Trinajstić information content (AvgIpc) is 3.95. The third-order valence-electron chi connectivity index (χ3n) is 13.4. The van der Waals surface area contributed by atoms with Crippen LogP contribution in [0.1, 0.15) is 0 Å². The highest BCUT2D eigenvalue weighted by Crippen LogP contribution is 2.46. The molecule has 0 saturated carbocycles. The monoisotopic (exact) mass is 854 g/mol. The molecule has 0 N–H and O–H groups in total. The molecule has 3 heteroatoms. The van der Waals surface area contributed by atoms with E-state index in [9.17, 15) is 0 Å². The minimum absolute atomic E-state index is 0.880. The molecular formula is C64H42N2O. The summed E-state index contributed by atoms with van der Waals surface area (Å²) in [5.74, 6) is 0. The summed E-state index contributed by atoms with van der Waals surface area (Å²) in [5, 5.41) is 7.23. The Kier molecular flexibility index (Phi) is 9.17. The van der Waals surface area contributed by atoms with Crippen molar-refractivity contribution >= 4 is 71.6 Å². The standard InChI is InChI=1S/C64H42N2O/c1-2-17-50-45(15-1)16-13-23-51(50)46-37-41-49(42-38-46)65(59-26-9-6-21-55(59)56-24-14-30-63-64(56)57-22-7-12-29-62(57)67-63)48-39-35-44(36-40-48)43-31-33-47(34-32-43)52-18-3-8-25-58(52)66-60-27-10-4-19-53(60)54-20-5-11-28-61(54)66/h1-42H. The van der Waals surface area contributed by atoms with Gasteiger partial charge in [-0.2, -0.15) is 0 Å². The van der Waals surface area contributed by atoms with E-state index in [1.165, 1.54) is 60.5 Å². The van der Waals surface area contributed by atoms with E-state index in [2.05, 4.69) is 258 Å².